The molecule has 0 atom stereocenters. The molecular formula is C17H12F6O2. The van der Waals surface area contributed by atoms with Gasteiger partial charge in [0.1, 0.15) is 0 Å². The Morgan fingerprint density at radius 2 is 1.44 bits per heavy atom. The molecule has 0 aliphatic carbocycles. The van der Waals surface area contributed by atoms with Crippen molar-refractivity contribution in [2.24, 2.45) is 0 Å². The second-order valence-corrected chi connectivity index (χ2v) is 5.02. The molecule has 0 aliphatic rings. The topological polar surface area (TPSA) is 26.3 Å². The quantitative estimate of drug-likeness (QED) is 0.527. The maximum atomic E-state index is 13.2. The fourth-order valence-electron chi connectivity index (χ4n) is 2.32. The van der Waals surface area contributed by atoms with E-state index >= 15 is 0 Å². The van der Waals surface area contributed by atoms with Gasteiger partial charge in [-0.05, 0) is 42.3 Å². The Hall–Kier alpha value is -2.51. The van der Waals surface area contributed by atoms with Gasteiger partial charge in [0.05, 0.1) is 23.3 Å². The zero-order chi connectivity index (χ0) is 18.8. The normalized spacial score (nSPS) is 12.1. The first kappa shape index (κ1) is 18.8. The van der Waals surface area contributed by atoms with Crippen LogP contribution in [0.2, 0.25) is 0 Å². The number of halogens is 6. The molecule has 2 aromatic rings. The van der Waals surface area contributed by atoms with Gasteiger partial charge in [-0.2, -0.15) is 26.3 Å². The van der Waals surface area contributed by atoms with Crippen LogP contribution in [-0.4, -0.2) is 12.6 Å². The molecule has 25 heavy (non-hydrogen) atoms. The summed E-state index contributed by atoms with van der Waals surface area (Å²) in [6.07, 6.45) is -9.74. The summed E-state index contributed by atoms with van der Waals surface area (Å²) in [5.74, 6) is -0.915. The van der Waals surface area contributed by atoms with Gasteiger partial charge >= 0.3 is 18.3 Å². The number of rotatable bonds is 3. The number of carbonyl (C=O) groups excluding carboxylic acids is 1. The van der Waals surface area contributed by atoms with Crippen LogP contribution in [0.1, 0.15) is 28.4 Å². The van der Waals surface area contributed by atoms with E-state index in [9.17, 15) is 31.1 Å². The average Bonchev–Trinajstić information content (AvgIpc) is 2.53. The van der Waals surface area contributed by atoms with Crippen LogP contribution in [0, 0.1) is 0 Å². The molecule has 0 N–H and O–H groups in total. The lowest BCUT2D eigenvalue weighted by Gasteiger charge is -2.18. The van der Waals surface area contributed by atoms with Crippen LogP contribution in [0.5, 0.6) is 0 Å². The fourth-order valence-corrected chi connectivity index (χ4v) is 2.32. The maximum absolute atomic E-state index is 13.2. The summed E-state index contributed by atoms with van der Waals surface area (Å²) in [5.41, 5.74) is -4.14. The van der Waals surface area contributed by atoms with E-state index in [0.717, 1.165) is 24.3 Å². The third-order valence-electron chi connectivity index (χ3n) is 3.36. The Balaban J connectivity index is 2.74. The first-order valence-electron chi connectivity index (χ1n) is 7.10. The highest BCUT2D eigenvalue weighted by Crippen LogP contribution is 2.42. The molecule has 0 spiro atoms. The second-order valence-electron chi connectivity index (χ2n) is 5.02. The van der Waals surface area contributed by atoms with Crippen LogP contribution < -0.4 is 0 Å². The van der Waals surface area contributed by atoms with Crippen LogP contribution in [-0.2, 0) is 17.1 Å². The Morgan fingerprint density at radius 3 is 2.00 bits per heavy atom. The van der Waals surface area contributed by atoms with Gasteiger partial charge in [-0.15, -0.1) is 0 Å². The van der Waals surface area contributed by atoms with Gasteiger partial charge in [0, 0.05) is 0 Å². The predicted molar refractivity (Wildman–Crippen MR) is 77.8 cm³/mol. The average molecular weight is 362 g/mol. The molecule has 0 heterocycles. The van der Waals surface area contributed by atoms with Crippen molar-refractivity contribution in [2.45, 2.75) is 19.3 Å². The standard InChI is InChI=1S/C17H12F6O2/c1-2-25-15(24)10-7-8-14(17(21,22)23)12(9-10)11-5-3-4-6-13(11)16(18,19)20/h3-9H,2H2,1H3. The van der Waals surface area contributed by atoms with Crippen LogP contribution >= 0.6 is 0 Å². The second kappa shape index (κ2) is 6.78. The minimum atomic E-state index is -4.89. The summed E-state index contributed by atoms with van der Waals surface area (Å²) in [7, 11) is 0. The number of ether oxygens (including phenoxy) is 1. The molecule has 134 valence electrons. The first-order valence-corrected chi connectivity index (χ1v) is 7.10. The molecule has 0 bridgehead atoms. The van der Waals surface area contributed by atoms with E-state index in [1.807, 2.05) is 0 Å². The number of esters is 1. The third-order valence-corrected chi connectivity index (χ3v) is 3.36. The molecule has 2 nitrogen and oxygen atoms in total. The van der Waals surface area contributed by atoms with E-state index in [0.29, 0.717) is 12.1 Å². The van der Waals surface area contributed by atoms with Gasteiger partial charge in [-0.25, -0.2) is 4.79 Å². The Kier molecular flexibility index (Phi) is 5.10. The summed E-state index contributed by atoms with van der Waals surface area (Å²) in [6, 6.07) is 6.12. The Bertz CT molecular complexity index is 777. The van der Waals surface area contributed by atoms with E-state index in [2.05, 4.69) is 0 Å². The zero-order valence-corrected chi connectivity index (χ0v) is 12.8. The highest BCUT2D eigenvalue weighted by Gasteiger charge is 2.38. The molecule has 0 fully saturated rings. The smallest absolute Gasteiger partial charge is 0.417 e. The van der Waals surface area contributed by atoms with E-state index < -0.39 is 40.6 Å². The lowest BCUT2D eigenvalue weighted by atomic mass is 9.93. The lowest BCUT2D eigenvalue weighted by molar-refractivity contribution is -0.139. The summed E-state index contributed by atoms with van der Waals surface area (Å²) < 4.78 is 83.9. The highest BCUT2D eigenvalue weighted by molar-refractivity contribution is 5.92. The summed E-state index contributed by atoms with van der Waals surface area (Å²) in [6.45, 7) is 1.48. The van der Waals surface area contributed by atoms with Crippen LogP contribution in [0.4, 0.5) is 26.3 Å². The van der Waals surface area contributed by atoms with Gasteiger partial charge in [-0.1, -0.05) is 18.2 Å². The number of hydrogen-bond acceptors (Lipinski definition) is 2. The predicted octanol–water partition coefficient (Wildman–Crippen LogP) is 5.57. The lowest BCUT2D eigenvalue weighted by Crippen LogP contribution is -2.13. The van der Waals surface area contributed by atoms with Gasteiger partial charge in [-0.3, -0.25) is 0 Å². The summed E-state index contributed by atoms with van der Waals surface area (Å²) in [5, 5.41) is 0. The van der Waals surface area contributed by atoms with Crippen molar-refractivity contribution in [3.05, 3.63) is 59.2 Å². The van der Waals surface area contributed by atoms with E-state index in [1.54, 1.807) is 0 Å². The van der Waals surface area contributed by atoms with Gasteiger partial charge in [0.25, 0.3) is 0 Å². The summed E-state index contributed by atoms with van der Waals surface area (Å²) >= 11 is 0. The van der Waals surface area contributed by atoms with Crippen molar-refractivity contribution >= 4 is 5.97 Å². The molecular weight excluding hydrogens is 350 g/mol. The number of carbonyl (C=O) groups is 1. The Labute approximate surface area is 139 Å². The van der Waals surface area contributed by atoms with E-state index in [1.165, 1.54) is 13.0 Å². The van der Waals surface area contributed by atoms with Crippen molar-refractivity contribution in [1.29, 1.82) is 0 Å². The summed E-state index contributed by atoms with van der Waals surface area (Å²) in [4.78, 5) is 11.7. The van der Waals surface area contributed by atoms with E-state index in [-0.39, 0.29) is 12.2 Å². The van der Waals surface area contributed by atoms with Crippen LogP contribution in [0.25, 0.3) is 11.1 Å². The SMILES string of the molecule is CCOC(=O)c1ccc(C(F)(F)F)c(-c2ccccc2C(F)(F)F)c1. The van der Waals surface area contributed by atoms with Gasteiger partial charge in [0.2, 0.25) is 0 Å². The number of hydrogen-bond donors (Lipinski definition) is 0. The molecule has 0 amide bonds. The van der Waals surface area contributed by atoms with Crippen molar-refractivity contribution in [2.75, 3.05) is 6.61 Å². The minimum absolute atomic E-state index is 0.0195. The van der Waals surface area contributed by atoms with Crippen molar-refractivity contribution < 1.29 is 35.9 Å². The molecule has 8 heteroatoms. The van der Waals surface area contributed by atoms with Crippen LogP contribution in [0.15, 0.2) is 42.5 Å². The minimum Gasteiger partial charge on any atom is -0.462 e. The van der Waals surface area contributed by atoms with Gasteiger partial charge < -0.3 is 4.74 Å². The molecule has 2 aromatic carbocycles. The maximum Gasteiger partial charge on any atom is 0.417 e. The zero-order valence-electron chi connectivity index (χ0n) is 12.8. The number of alkyl halides is 6. The van der Waals surface area contributed by atoms with Crippen LogP contribution in [0.3, 0.4) is 0 Å². The fraction of sp³-hybridized carbons (Fsp3) is 0.235. The third kappa shape index (κ3) is 4.12. The molecule has 0 saturated heterocycles. The molecule has 0 aliphatic heterocycles. The Morgan fingerprint density at radius 1 is 0.880 bits per heavy atom. The highest BCUT2D eigenvalue weighted by atomic mass is 19.4. The number of benzene rings is 2. The monoisotopic (exact) mass is 362 g/mol. The molecule has 2 rings (SSSR count). The molecule has 0 saturated carbocycles. The van der Waals surface area contributed by atoms with Gasteiger partial charge in [0.15, 0.2) is 0 Å². The van der Waals surface area contributed by atoms with Crippen molar-refractivity contribution in [3.8, 4) is 11.1 Å². The molecule has 0 unspecified atom stereocenters. The largest absolute Gasteiger partial charge is 0.462 e. The van der Waals surface area contributed by atoms with Crippen molar-refractivity contribution in [1.82, 2.24) is 0 Å². The first-order chi connectivity index (χ1) is 11.6. The van der Waals surface area contributed by atoms with E-state index in [4.69, 9.17) is 4.74 Å². The molecule has 0 aromatic heterocycles. The van der Waals surface area contributed by atoms with Crippen molar-refractivity contribution in [3.63, 3.8) is 0 Å². The molecule has 0 radical (unpaired) electrons.